The van der Waals surface area contributed by atoms with Crippen molar-refractivity contribution in [2.75, 3.05) is 5.32 Å². The fourth-order valence-electron chi connectivity index (χ4n) is 1.26. The zero-order chi connectivity index (χ0) is 12.3. The molecule has 8 nitrogen and oxygen atoms in total. The van der Waals surface area contributed by atoms with Crippen LogP contribution in [0.15, 0.2) is 24.7 Å². The number of nitrogens with one attached hydrogen (secondary N) is 1. The number of nitro groups is 1. The highest BCUT2D eigenvalue weighted by atomic mass is 16.6. The van der Waals surface area contributed by atoms with E-state index in [2.05, 4.69) is 20.4 Å². The second-order valence-corrected chi connectivity index (χ2v) is 3.34. The molecule has 0 saturated heterocycles. The van der Waals surface area contributed by atoms with E-state index in [4.69, 9.17) is 0 Å². The first-order valence-corrected chi connectivity index (χ1v) is 4.84. The van der Waals surface area contributed by atoms with E-state index in [1.54, 1.807) is 18.1 Å². The Morgan fingerprint density at radius 3 is 3.00 bits per heavy atom. The van der Waals surface area contributed by atoms with Gasteiger partial charge in [0.2, 0.25) is 0 Å². The summed E-state index contributed by atoms with van der Waals surface area (Å²) in [6, 6.07) is 2.70. The Kier molecular flexibility index (Phi) is 2.95. The second-order valence-electron chi connectivity index (χ2n) is 3.34. The van der Waals surface area contributed by atoms with Gasteiger partial charge in [0.05, 0.1) is 17.5 Å². The topological polar surface area (TPSA) is 98.8 Å². The quantitative estimate of drug-likeness (QED) is 0.618. The third-order valence-corrected chi connectivity index (χ3v) is 2.03. The highest BCUT2D eigenvalue weighted by molar-refractivity contribution is 5.44. The summed E-state index contributed by atoms with van der Waals surface area (Å²) in [5, 5.41) is 17.5. The molecule has 0 atom stereocenters. The normalized spacial score (nSPS) is 10.2. The lowest BCUT2D eigenvalue weighted by molar-refractivity contribution is -0.384. The Balaban J connectivity index is 2.04. The molecule has 8 heteroatoms. The average Bonchev–Trinajstić information content (AvgIpc) is 2.73. The van der Waals surface area contributed by atoms with Gasteiger partial charge in [-0.1, -0.05) is 0 Å². The predicted molar refractivity (Wildman–Crippen MR) is 59.2 cm³/mol. The number of hydrogen-bond donors (Lipinski definition) is 1. The van der Waals surface area contributed by atoms with Gasteiger partial charge in [0.1, 0.15) is 12.1 Å². The summed E-state index contributed by atoms with van der Waals surface area (Å²) in [5.41, 5.74) is -0.00326. The molecule has 17 heavy (non-hydrogen) atoms. The molecule has 0 amide bonds. The molecule has 2 rings (SSSR count). The number of pyridine rings is 1. The third-order valence-electron chi connectivity index (χ3n) is 2.03. The van der Waals surface area contributed by atoms with Crippen LogP contribution in [0.5, 0.6) is 0 Å². The molecule has 0 spiro atoms. The first kappa shape index (κ1) is 11.0. The molecule has 2 aromatic rings. The van der Waals surface area contributed by atoms with E-state index in [0.717, 1.165) is 0 Å². The van der Waals surface area contributed by atoms with Gasteiger partial charge < -0.3 is 5.32 Å². The van der Waals surface area contributed by atoms with Crippen LogP contribution < -0.4 is 5.32 Å². The van der Waals surface area contributed by atoms with E-state index in [1.165, 1.54) is 18.3 Å². The van der Waals surface area contributed by atoms with Crippen LogP contribution in [0.2, 0.25) is 0 Å². The first-order valence-electron chi connectivity index (χ1n) is 4.84. The maximum atomic E-state index is 10.6. The van der Waals surface area contributed by atoms with Crippen molar-refractivity contribution in [1.82, 2.24) is 19.7 Å². The van der Waals surface area contributed by atoms with Gasteiger partial charge >= 0.3 is 0 Å². The van der Waals surface area contributed by atoms with Gasteiger partial charge in [-0.25, -0.2) is 9.97 Å². The van der Waals surface area contributed by atoms with Gasteiger partial charge in [-0.3, -0.25) is 14.8 Å². The summed E-state index contributed by atoms with van der Waals surface area (Å²) < 4.78 is 1.58. The van der Waals surface area contributed by atoms with Crippen LogP contribution in [0, 0.1) is 10.1 Å². The smallest absolute Gasteiger partial charge is 0.274 e. The molecule has 0 fully saturated rings. The molecule has 0 aromatic carbocycles. The second kappa shape index (κ2) is 4.56. The molecular formula is C9H10N6O2. The van der Waals surface area contributed by atoms with Gasteiger partial charge in [-0.15, -0.1) is 0 Å². The van der Waals surface area contributed by atoms with Gasteiger partial charge in [-0.05, 0) is 0 Å². The standard InChI is InChI=1S/C9H10N6O2/c1-14-6-12-9(13-14)5-11-8-4-7(15(16)17)2-3-10-8/h2-4,6H,5H2,1H3,(H,10,11). The molecule has 0 unspecified atom stereocenters. The lowest BCUT2D eigenvalue weighted by Gasteiger charge is -2.01. The number of aromatic nitrogens is 4. The summed E-state index contributed by atoms with van der Waals surface area (Å²) in [6.07, 6.45) is 2.96. The number of aryl methyl sites for hydroxylation is 1. The number of anilines is 1. The lowest BCUT2D eigenvalue weighted by atomic mass is 10.4. The van der Waals surface area contributed by atoms with E-state index in [0.29, 0.717) is 18.2 Å². The molecule has 0 bridgehead atoms. The summed E-state index contributed by atoms with van der Waals surface area (Å²) in [5.74, 6) is 1.02. The molecule has 0 aliphatic heterocycles. The monoisotopic (exact) mass is 234 g/mol. The molecule has 1 N–H and O–H groups in total. The summed E-state index contributed by atoms with van der Waals surface area (Å²) in [7, 11) is 1.77. The minimum Gasteiger partial charge on any atom is -0.362 e. The minimum atomic E-state index is -0.466. The molecule has 88 valence electrons. The average molecular weight is 234 g/mol. The Hall–Kier alpha value is -2.51. The van der Waals surface area contributed by atoms with Crippen molar-refractivity contribution in [3.63, 3.8) is 0 Å². The Morgan fingerprint density at radius 2 is 2.35 bits per heavy atom. The van der Waals surface area contributed by atoms with E-state index in [9.17, 15) is 10.1 Å². The highest BCUT2D eigenvalue weighted by Crippen LogP contribution is 2.14. The van der Waals surface area contributed by atoms with Crippen molar-refractivity contribution < 1.29 is 4.92 Å². The number of hydrogen-bond acceptors (Lipinski definition) is 6. The Morgan fingerprint density at radius 1 is 1.53 bits per heavy atom. The molecule has 2 heterocycles. The number of rotatable bonds is 4. The third kappa shape index (κ3) is 2.74. The lowest BCUT2D eigenvalue weighted by Crippen LogP contribution is -2.04. The van der Waals surface area contributed by atoms with E-state index in [-0.39, 0.29) is 5.69 Å². The van der Waals surface area contributed by atoms with Crippen molar-refractivity contribution in [3.8, 4) is 0 Å². The molecule has 0 aliphatic rings. The van der Waals surface area contributed by atoms with Crippen LogP contribution in [-0.4, -0.2) is 24.7 Å². The minimum absolute atomic E-state index is 0.00326. The summed E-state index contributed by atoms with van der Waals surface area (Å²) in [6.45, 7) is 0.370. The number of nitrogens with zero attached hydrogens (tertiary/aromatic N) is 5. The zero-order valence-corrected chi connectivity index (χ0v) is 9.07. The maximum Gasteiger partial charge on any atom is 0.274 e. The summed E-state index contributed by atoms with van der Waals surface area (Å²) in [4.78, 5) is 18.1. The first-order chi connectivity index (χ1) is 8.15. The molecular weight excluding hydrogens is 224 g/mol. The van der Waals surface area contributed by atoms with Crippen molar-refractivity contribution in [2.45, 2.75) is 6.54 Å². The van der Waals surface area contributed by atoms with Crippen molar-refractivity contribution in [3.05, 3.63) is 40.6 Å². The van der Waals surface area contributed by atoms with Crippen LogP contribution in [0.3, 0.4) is 0 Å². The fraction of sp³-hybridized carbons (Fsp3) is 0.222. The van der Waals surface area contributed by atoms with Crippen LogP contribution in [0.4, 0.5) is 11.5 Å². The van der Waals surface area contributed by atoms with Crippen LogP contribution in [-0.2, 0) is 13.6 Å². The fourth-order valence-corrected chi connectivity index (χ4v) is 1.26. The van der Waals surface area contributed by atoms with Crippen molar-refractivity contribution in [1.29, 1.82) is 0 Å². The van der Waals surface area contributed by atoms with Crippen LogP contribution in [0.1, 0.15) is 5.82 Å². The molecule has 0 aliphatic carbocycles. The van der Waals surface area contributed by atoms with Gasteiger partial charge in [-0.2, -0.15) is 5.10 Å². The van der Waals surface area contributed by atoms with Crippen molar-refractivity contribution in [2.24, 2.45) is 7.05 Å². The Bertz CT molecular complexity index is 538. The molecule has 2 aromatic heterocycles. The maximum absolute atomic E-state index is 10.6. The zero-order valence-electron chi connectivity index (χ0n) is 9.07. The van der Waals surface area contributed by atoms with Crippen molar-refractivity contribution >= 4 is 11.5 Å². The van der Waals surface area contributed by atoms with E-state index < -0.39 is 4.92 Å². The van der Waals surface area contributed by atoms with E-state index >= 15 is 0 Å². The van der Waals surface area contributed by atoms with Crippen LogP contribution in [0.25, 0.3) is 0 Å². The van der Waals surface area contributed by atoms with Gasteiger partial charge in [0, 0.05) is 19.3 Å². The molecule has 0 radical (unpaired) electrons. The largest absolute Gasteiger partial charge is 0.362 e. The summed E-state index contributed by atoms with van der Waals surface area (Å²) >= 11 is 0. The SMILES string of the molecule is Cn1cnc(CNc2cc([N+](=O)[O-])ccn2)n1. The highest BCUT2D eigenvalue weighted by Gasteiger charge is 2.07. The van der Waals surface area contributed by atoms with Gasteiger partial charge in [0.15, 0.2) is 5.82 Å². The van der Waals surface area contributed by atoms with Gasteiger partial charge in [0.25, 0.3) is 5.69 Å². The molecule has 0 saturated carbocycles. The predicted octanol–water partition coefficient (Wildman–Crippen LogP) is 0.730. The van der Waals surface area contributed by atoms with E-state index in [1.807, 2.05) is 0 Å². The Labute approximate surface area is 96.5 Å². The van der Waals surface area contributed by atoms with Crippen LogP contribution >= 0.6 is 0 Å².